The molecule has 0 aromatic rings. The number of ether oxygens (including phenoxy) is 1. The fourth-order valence-electron chi connectivity index (χ4n) is 3.44. The number of rotatable bonds is 6. The summed E-state index contributed by atoms with van der Waals surface area (Å²) in [5.41, 5.74) is 0.472. The maximum atomic E-state index is 12.5. The molecule has 3 atom stereocenters. The first kappa shape index (κ1) is 21.4. The fraction of sp³-hybridized carbons (Fsp3) is 0.611. The average molecular weight is 474 g/mol. The van der Waals surface area contributed by atoms with E-state index in [1.165, 1.54) is 16.7 Å². The Bertz CT molecular complexity index is 733. The lowest BCUT2D eigenvalue weighted by atomic mass is 10.0. The number of morpholine rings is 1. The smallest absolute Gasteiger partial charge is 0.253 e. The highest BCUT2D eigenvalue weighted by molar-refractivity contribution is 9.10. The lowest BCUT2D eigenvalue weighted by Crippen LogP contribution is -2.71. The predicted molar refractivity (Wildman–Crippen MR) is 106 cm³/mol. The summed E-state index contributed by atoms with van der Waals surface area (Å²) >= 11 is 4.61. The van der Waals surface area contributed by atoms with Gasteiger partial charge in [-0.15, -0.1) is 11.8 Å². The normalized spacial score (nSPS) is 28.0. The minimum Gasteiger partial charge on any atom is -0.543 e. The van der Waals surface area contributed by atoms with Crippen molar-refractivity contribution < 1.29 is 28.7 Å². The maximum absolute atomic E-state index is 12.5. The largest absolute Gasteiger partial charge is 0.543 e. The number of alkyl halides is 1. The molecular formula is C18H24BrN3O5S. The van der Waals surface area contributed by atoms with Crippen molar-refractivity contribution in [3.8, 4) is 0 Å². The molecule has 0 saturated carbocycles. The molecule has 0 aromatic heterocycles. The van der Waals surface area contributed by atoms with Gasteiger partial charge in [0, 0.05) is 5.75 Å². The van der Waals surface area contributed by atoms with Crippen molar-refractivity contribution in [3.63, 3.8) is 0 Å². The van der Waals surface area contributed by atoms with Crippen molar-refractivity contribution in [1.82, 2.24) is 10.2 Å². The Balaban J connectivity index is 1.72. The summed E-state index contributed by atoms with van der Waals surface area (Å²) in [4.78, 5) is 36.9. The first-order valence-corrected chi connectivity index (χ1v) is 11.1. The number of amides is 2. The number of thioether (sulfide) groups is 1. The Morgan fingerprint density at radius 1 is 1.46 bits per heavy atom. The van der Waals surface area contributed by atoms with Crippen molar-refractivity contribution in [2.45, 2.75) is 23.2 Å². The van der Waals surface area contributed by atoms with E-state index >= 15 is 0 Å². The van der Waals surface area contributed by atoms with Crippen molar-refractivity contribution in [3.05, 3.63) is 23.4 Å². The Kier molecular flexibility index (Phi) is 6.53. The Hall–Kier alpha value is -1.36. The number of likely N-dealkylation sites (N-methyl/N-ethyl adjacent to an activating group) is 1. The first-order valence-electron chi connectivity index (χ1n) is 9.15. The predicted octanol–water partition coefficient (Wildman–Crippen LogP) is -0.793. The molecule has 0 bridgehead atoms. The van der Waals surface area contributed by atoms with Gasteiger partial charge in [0.2, 0.25) is 5.91 Å². The van der Waals surface area contributed by atoms with Crippen LogP contribution in [0.2, 0.25) is 0 Å². The highest BCUT2D eigenvalue weighted by Gasteiger charge is 2.52. The molecule has 10 heteroatoms. The number of hydrogen-bond donors (Lipinski definition) is 1. The molecule has 1 N–H and O–H groups in total. The number of allylic oxidation sites excluding steroid dienone is 1. The molecule has 0 aliphatic carbocycles. The van der Waals surface area contributed by atoms with E-state index in [9.17, 15) is 19.5 Å². The Morgan fingerprint density at radius 2 is 2.14 bits per heavy atom. The van der Waals surface area contributed by atoms with Crippen molar-refractivity contribution in [2.75, 3.05) is 45.6 Å². The van der Waals surface area contributed by atoms with Crippen LogP contribution in [0.25, 0.3) is 0 Å². The van der Waals surface area contributed by atoms with Gasteiger partial charge in [0.15, 0.2) is 0 Å². The third-order valence-electron chi connectivity index (χ3n) is 5.27. The quantitative estimate of drug-likeness (QED) is 0.308. The summed E-state index contributed by atoms with van der Waals surface area (Å²) in [5, 5.41) is 14.0. The van der Waals surface area contributed by atoms with E-state index in [2.05, 4.69) is 28.3 Å². The molecule has 0 aromatic carbocycles. The van der Waals surface area contributed by atoms with E-state index in [4.69, 9.17) is 4.74 Å². The van der Waals surface area contributed by atoms with Crippen LogP contribution in [0, 0.1) is 0 Å². The van der Waals surface area contributed by atoms with Gasteiger partial charge in [-0.2, -0.15) is 0 Å². The van der Waals surface area contributed by atoms with Crippen LogP contribution in [0.3, 0.4) is 0 Å². The van der Waals surface area contributed by atoms with Crippen molar-refractivity contribution in [2.24, 2.45) is 0 Å². The monoisotopic (exact) mass is 473 g/mol. The fourth-order valence-corrected chi connectivity index (χ4v) is 4.89. The van der Waals surface area contributed by atoms with Crippen LogP contribution in [0.15, 0.2) is 23.4 Å². The van der Waals surface area contributed by atoms with E-state index in [1.54, 1.807) is 13.0 Å². The number of carbonyl (C=O) groups excluding carboxylic acids is 3. The van der Waals surface area contributed by atoms with E-state index in [-0.39, 0.29) is 11.6 Å². The van der Waals surface area contributed by atoms with Gasteiger partial charge >= 0.3 is 0 Å². The molecule has 0 spiro atoms. The van der Waals surface area contributed by atoms with Crippen LogP contribution in [0.1, 0.15) is 6.92 Å². The molecule has 3 aliphatic heterocycles. The zero-order valence-corrected chi connectivity index (χ0v) is 18.3. The van der Waals surface area contributed by atoms with Crippen LogP contribution in [0.5, 0.6) is 0 Å². The second-order valence-corrected chi connectivity index (χ2v) is 9.92. The molecule has 3 aliphatic rings. The molecular weight excluding hydrogens is 450 g/mol. The van der Waals surface area contributed by atoms with Crippen LogP contribution in [-0.4, -0.2) is 89.1 Å². The Labute approximate surface area is 176 Å². The van der Waals surface area contributed by atoms with Gasteiger partial charge in [-0.1, -0.05) is 22.0 Å². The molecule has 3 rings (SSSR count). The number of β-lactam (4-membered cyclic amide) rings is 1. The molecule has 2 amide bonds. The molecule has 3 heterocycles. The van der Waals surface area contributed by atoms with Gasteiger partial charge < -0.3 is 24.4 Å². The zero-order valence-electron chi connectivity index (χ0n) is 15.9. The zero-order chi connectivity index (χ0) is 20.5. The van der Waals surface area contributed by atoms with Crippen LogP contribution >= 0.6 is 27.7 Å². The minimum atomic E-state index is -1.37. The van der Waals surface area contributed by atoms with E-state index < -0.39 is 28.1 Å². The number of quaternary nitrogens is 1. The molecule has 2 fully saturated rings. The number of halogens is 1. The number of hydrogen-bond acceptors (Lipinski definition) is 6. The van der Waals surface area contributed by atoms with Gasteiger partial charge in [0.25, 0.3) is 5.91 Å². The lowest BCUT2D eigenvalue weighted by Gasteiger charge is -2.50. The Morgan fingerprint density at radius 3 is 2.75 bits per heavy atom. The van der Waals surface area contributed by atoms with Gasteiger partial charge in [-0.25, -0.2) is 0 Å². The number of carboxylic acid groups (broad SMARTS) is 1. The maximum Gasteiger partial charge on any atom is 0.253 e. The van der Waals surface area contributed by atoms with E-state index in [0.717, 1.165) is 37.3 Å². The third-order valence-corrected chi connectivity index (χ3v) is 6.98. The summed E-state index contributed by atoms with van der Waals surface area (Å²) < 4.78 is 6.23. The van der Waals surface area contributed by atoms with Crippen molar-refractivity contribution in [1.29, 1.82) is 0 Å². The van der Waals surface area contributed by atoms with Crippen LogP contribution in [0.4, 0.5) is 0 Å². The number of nitrogens with zero attached hydrogens (tertiary/aromatic N) is 2. The molecule has 0 radical (unpaired) electrons. The second-order valence-electron chi connectivity index (χ2n) is 7.44. The standard InChI is InChI=1S/C18H24BrN3O5S/c1-11(19)15(23)20-13-16(24)21-14(18(25)26)12(10-28-17(13)21)4-3-5-22(2)6-8-27-9-7-22/h3-4,11,13,17H,5-10H2,1-2H3,(H-,20,23,25,26)/t11-,13-,17-/m1/s1. The average Bonchev–Trinajstić information content (AvgIpc) is 2.65. The summed E-state index contributed by atoms with van der Waals surface area (Å²) in [7, 11) is 2.14. The van der Waals surface area contributed by atoms with Gasteiger partial charge in [0.05, 0.1) is 43.3 Å². The third kappa shape index (κ3) is 4.29. The number of aliphatic carboxylic acids is 1. The highest BCUT2D eigenvalue weighted by atomic mass is 79.9. The summed E-state index contributed by atoms with van der Waals surface area (Å²) in [6.45, 7) is 5.68. The van der Waals surface area contributed by atoms with Crippen LogP contribution in [-0.2, 0) is 19.1 Å². The molecule has 28 heavy (non-hydrogen) atoms. The van der Waals surface area contributed by atoms with E-state index in [1.807, 2.05) is 6.08 Å². The number of carboxylic acids is 1. The summed E-state index contributed by atoms with van der Waals surface area (Å²) in [6, 6.07) is -0.713. The number of fused-ring (bicyclic) bond motifs is 1. The SMILES string of the molecule is C[C@@H](Br)C(=O)N[C@@H]1C(=O)N2C(C(=O)[O-])=C(C=CC[N+]3(C)CCOCC3)CS[C@H]12. The number of carbonyl (C=O) groups is 3. The van der Waals surface area contributed by atoms with E-state index in [0.29, 0.717) is 11.3 Å². The summed E-state index contributed by atoms with van der Waals surface area (Å²) in [6.07, 6.45) is 3.74. The van der Waals surface area contributed by atoms with Gasteiger partial charge in [-0.05, 0) is 18.6 Å². The number of nitrogens with one attached hydrogen (secondary N) is 1. The second kappa shape index (κ2) is 8.56. The van der Waals surface area contributed by atoms with Gasteiger partial charge in [-0.3, -0.25) is 14.5 Å². The van der Waals surface area contributed by atoms with Crippen molar-refractivity contribution >= 4 is 45.5 Å². The molecule has 8 nitrogen and oxygen atoms in total. The summed E-state index contributed by atoms with van der Waals surface area (Å²) in [5.74, 6) is -1.65. The first-order chi connectivity index (χ1) is 13.2. The topological polar surface area (TPSA) is 98.8 Å². The van der Waals surface area contributed by atoms with Crippen LogP contribution < -0.4 is 10.4 Å². The molecule has 0 unspecified atom stereocenters. The lowest BCUT2D eigenvalue weighted by molar-refractivity contribution is -0.911. The van der Waals surface area contributed by atoms with Gasteiger partial charge in [0.1, 0.15) is 24.5 Å². The molecule has 2 saturated heterocycles. The minimum absolute atomic E-state index is 0.0907. The molecule has 154 valence electrons. The highest BCUT2D eigenvalue weighted by Crippen LogP contribution is 2.40.